The number of nitrogens with zero attached hydrogens (tertiary/aromatic N) is 4. The fourth-order valence-electron chi connectivity index (χ4n) is 13.5. The third-order valence-corrected chi connectivity index (χ3v) is 16.3. The molecule has 0 saturated carbocycles. The molecular weight excluding hydrogens is 897 g/mol. The molecule has 4 nitrogen and oxygen atoms in total. The molecule has 13 aromatic rings. The van der Waals surface area contributed by atoms with E-state index >= 15 is 0 Å². The Bertz CT molecular complexity index is 4470. The number of benzene rings is 11. The van der Waals surface area contributed by atoms with Crippen LogP contribution in [0.4, 0.5) is 0 Å². The highest BCUT2D eigenvalue weighted by Crippen LogP contribution is 2.59. The molecule has 15 rings (SSSR count). The molecule has 0 fully saturated rings. The summed E-state index contributed by atoms with van der Waals surface area (Å²) in [5.74, 6) is 0. The third-order valence-electron chi connectivity index (χ3n) is 16.3. The van der Waals surface area contributed by atoms with Gasteiger partial charge in [0.05, 0.1) is 49.7 Å². The van der Waals surface area contributed by atoms with Gasteiger partial charge < -0.3 is 9.13 Å². The van der Waals surface area contributed by atoms with Crippen molar-refractivity contribution in [2.45, 2.75) is 10.8 Å². The van der Waals surface area contributed by atoms with E-state index in [9.17, 15) is 10.5 Å². The number of aromatic nitrogens is 2. The van der Waals surface area contributed by atoms with Crippen LogP contribution in [-0.2, 0) is 10.8 Å². The second-order valence-electron chi connectivity index (χ2n) is 19.7. The summed E-state index contributed by atoms with van der Waals surface area (Å²) in [5.41, 5.74) is 19.1. The van der Waals surface area contributed by atoms with Crippen LogP contribution >= 0.6 is 0 Å². The van der Waals surface area contributed by atoms with Gasteiger partial charge in [-0.2, -0.15) is 10.5 Å². The van der Waals surface area contributed by atoms with Crippen LogP contribution in [0.1, 0.15) is 55.6 Å². The first-order valence-corrected chi connectivity index (χ1v) is 25.2. The fraction of sp³-hybridized carbons (Fsp3) is 0.0286. The molecule has 4 heteroatoms. The van der Waals surface area contributed by atoms with Gasteiger partial charge in [0.15, 0.2) is 0 Å². The topological polar surface area (TPSA) is 57.4 Å². The Hall–Kier alpha value is -10.0. The van der Waals surface area contributed by atoms with Gasteiger partial charge in [-0.1, -0.05) is 206 Å². The van der Waals surface area contributed by atoms with Crippen LogP contribution in [-0.4, -0.2) is 9.13 Å². The second kappa shape index (κ2) is 15.8. The van der Waals surface area contributed by atoms with Crippen molar-refractivity contribution in [3.05, 3.63) is 310 Å². The lowest BCUT2D eigenvalue weighted by Gasteiger charge is -2.34. The molecule has 2 aromatic heterocycles. The Balaban J connectivity index is 1.05. The van der Waals surface area contributed by atoms with Crippen molar-refractivity contribution in [3.63, 3.8) is 0 Å². The Morgan fingerprint density at radius 2 is 0.689 bits per heavy atom. The molecule has 0 aliphatic heterocycles. The molecule has 2 heterocycles. The standard InChI is InChI=1S/C70H42N4/c71-43-45-37-50(73-64-35-19-15-31-53(64)57-39-55-51-29-13-17-33-60(51)69(62(55)41-67(57)73,46-21-5-1-6-22-46)47-23-7-2-8-24-47)38-66(59(45)44-72)74-65-36-20-16-32-54(65)58-40-56-52-30-14-18-34-61(52)70(63(56)42-68(58)74,48-25-9-3-10-26-48)49-27-11-4-12-28-49/h1-42H. The molecule has 0 atom stereocenters. The summed E-state index contributed by atoms with van der Waals surface area (Å²) < 4.78 is 4.56. The van der Waals surface area contributed by atoms with Crippen molar-refractivity contribution in [2.75, 3.05) is 0 Å². The number of fused-ring (bicyclic) bond motifs is 12. The van der Waals surface area contributed by atoms with Crippen LogP contribution in [0.15, 0.2) is 255 Å². The fourth-order valence-corrected chi connectivity index (χ4v) is 13.5. The van der Waals surface area contributed by atoms with Crippen LogP contribution in [0.25, 0.3) is 77.2 Å². The van der Waals surface area contributed by atoms with E-state index in [1.54, 1.807) is 0 Å². The van der Waals surface area contributed by atoms with E-state index in [2.05, 4.69) is 270 Å². The van der Waals surface area contributed by atoms with Crippen LogP contribution < -0.4 is 0 Å². The zero-order valence-electron chi connectivity index (χ0n) is 40.0. The normalized spacial score (nSPS) is 13.6. The zero-order valence-corrected chi connectivity index (χ0v) is 40.0. The lowest BCUT2D eigenvalue weighted by molar-refractivity contribution is 0.769. The Morgan fingerprint density at radius 3 is 1.14 bits per heavy atom. The minimum atomic E-state index is -0.640. The van der Waals surface area contributed by atoms with Crippen molar-refractivity contribution in [3.8, 4) is 45.8 Å². The summed E-state index contributed by atoms with van der Waals surface area (Å²) in [6, 6.07) is 96.9. The molecule has 0 spiro atoms. The second-order valence-corrected chi connectivity index (χ2v) is 19.7. The molecule has 0 saturated heterocycles. The van der Waals surface area contributed by atoms with Gasteiger partial charge in [0.25, 0.3) is 0 Å². The maximum Gasteiger partial charge on any atom is 0.103 e. The van der Waals surface area contributed by atoms with Crippen molar-refractivity contribution in [1.29, 1.82) is 10.5 Å². The number of hydrogen-bond donors (Lipinski definition) is 0. The maximum atomic E-state index is 11.3. The molecule has 74 heavy (non-hydrogen) atoms. The van der Waals surface area contributed by atoms with Crippen LogP contribution in [0.5, 0.6) is 0 Å². The van der Waals surface area contributed by atoms with Crippen LogP contribution in [0.2, 0.25) is 0 Å². The largest absolute Gasteiger partial charge is 0.309 e. The van der Waals surface area contributed by atoms with Gasteiger partial charge in [0.1, 0.15) is 12.1 Å². The summed E-state index contributed by atoms with van der Waals surface area (Å²) in [5, 5.41) is 26.9. The summed E-state index contributed by atoms with van der Waals surface area (Å²) in [6.07, 6.45) is 0. The van der Waals surface area contributed by atoms with Crippen molar-refractivity contribution in [1.82, 2.24) is 9.13 Å². The molecule has 2 aliphatic carbocycles. The first-order valence-electron chi connectivity index (χ1n) is 25.2. The van der Waals surface area contributed by atoms with Crippen molar-refractivity contribution >= 4 is 43.6 Å². The number of hydrogen-bond acceptors (Lipinski definition) is 2. The van der Waals surface area contributed by atoms with Gasteiger partial charge in [-0.25, -0.2) is 0 Å². The van der Waals surface area contributed by atoms with Gasteiger partial charge in [0, 0.05) is 27.2 Å². The van der Waals surface area contributed by atoms with E-state index in [0.717, 1.165) is 49.3 Å². The van der Waals surface area contributed by atoms with Crippen molar-refractivity contribution in [2.24, 2.45) is 0 Å². The smallest absolute Gasteiger partial charge is 0.103 e. The van der Waals surface area contributed by atoms with E-state index in [1.165, 1.54) is 66.8 Å². The van der Waals surface area contributed by atoms with E-state index in [1.807, 2.05) is 6.07 Å². The summed E-state index contributed by atoms with van der Waals surface area (Å²) >= 11 is 0. The van der Waals surface area contributed by atoms with Crippen LogP contribution in [0.3, 0.4) is 0 Å². The summed E-state index contributed by atoms with van der Waals surface area (Å²) in [6.45, 7) is 0. The molecule has 2 aliphatic rings. The molecular formula is C70H42N4. The highest BCUT2D eigenvalue weighted by Gasteiger charge is 2.48. The first kappa shape index (κ1) is 41.8. The van der Waals surface area contributed by atoms with E-state index < -0.39 is 10.8 Å². The SMILES string of the molecule is N#Cc1cc(-n2c3ccccc3c3cc4c(cc32)C(c2ccccc2)(c2ccccc2)c2ccccc2-4)cc(-n2c3ccccc3c3cc4c(cc32)C(c2ccccc2)(c2ccccc2)c2ccccc2-4)c1C#N. The lowest BCUT2D eigenvalue weighted by atomic mass is 9.67. The average Bonchev–Trinajstić information content (AvgIpc) is 4.18. The van der Waals surface area contributed by atoms with Gasteiger partial charge in [0.2, 0.25) is 0 Å². The zero-order chi connectivity index (χ0) is 49.1. The van der Waals surface area contributed by atoms with Gasteiger partial charge in [-0.15, -0.1) is 0 Å². The molecule has 0 N–H and O–H groups in total. The molecule has 0 unspecified atom stereocenters. The summed E-state index contributed by atoms with van der Waals surface area (Å²) in [4.78, 5) is 0. The van der Waals surface area contributed by atoms with Gasteiger partial charge >= 0.3 is 0 Å². The maximum absolute atomic E-state index is 11.3. The monoisotopic (exact) mass is 938 g/mol. The Kier molecular flexibility index (Phi) is 8.89. The molecule has 0 radical (unpaired) electrons. The number of nitriles is 2. The molecule has 0 amide bonds. The predicted molar refractivity (Wildman–Crippen MR) is 299 cm³/mol. The molecule has 0 bridgehead atoms. The molecule has 342 valence electrons. The third kappa shape index (κ3) is 5.44. The first-order chi connectivity index (χ1) is 36.6. The van der Waals surface area contributed by atoms with E-state index in [0.29, 0.717) is 16.8 Å². The van der Waals surface area contributed by atoms with Gasteiger partial charge in [-0.05, 0) is 115 Å². The number of para-hydroxylation sites is 2. The minimum Gasteiger partial charge on any atom is -0.309 e. The highest BCUT2D eigenvalue weighted by molar-refractivity contribution is 6.14. The Morgan fingerprint density at radius 1 is 0.297 bits per heavy atom. The van der Waals surface area contributed by atoms with E-state index in [-0.39, 0.29) is 0 Å². The van der Waals surface area contributed by atoms with Crippen molar-refractivity contribution < 1.29 is 0 Å². The van der Waals surface area contributed by atoms with Gasteiger partial charge in [-0.3, -0.25) is 0 Å². The predicted octanol–water partition coefficient (Wildman–Crippen LogP) is 16.4. The lowest BCUT2D eigenvalue weighted by Crippen LogP contribution is -2.28. The van der Waals surface area contributed by atoms with Crippen LogP contribution in [0, 0.1) is 22.7 Å². The Labute approximate surface area is 428 Å². The molecule has 11 aromatic carbocycles. The number of rotatable bonds is 6. The average molecular weight is 939 g/mol. The quantitative estimate of drug-likeness (QED) is 0.167. The summed E-state index contributed by atoms with van der Waals surface area (Å²) in [7, 11) is 0. The van der Waals surface area contributed by atoms with E-state index in [4.69, 9.17) is 0 Å². The minimum absolute atomic E-state index is 0.310. The highest BCUT2D eigenvalue weighted by atomic mass is 15.0.